The van der Waals surface area contributed by atoms with Crippen molar-refractivity contribution < 1.29 is 24.2 Å². The zero-order valence-corrected chi connectivity index (χ0v) is 18.4. The summed E-state index contributed by atoms with van der Waals surface area (Å²) in [5.74, 6) is -0.381. The summed E-state index contributed by atoms with van der Waals surface area (Å²) in [5.41, 5.74) is 1.38. The standard InChI is InChI=1S/C22H19ClN2O5S/c1-4-9-30-19-16(23)10-13(11-17(19)29-3)12-18-20(26)25(2)22(31-18)24-15-7-5-14(6-8-15)21(27)28/h4-8,10-12H,1,9H2,2-3H3,(H,27,28). The number of hydrogen-bond acceptors (Lipinski definition) is 6. The smallest absolute Gasteiger partial charge is 0.335 e. The van der Waals surface area contributed by atoms with E-state index in [-0.39, 0.29) is 18.1 Å². The number of carboxylic acid groups (broad SMARTS) is 1. The number of carbonyl (C=O) groups is 2. The van der Waals surface area contributed by atoms with E-state index in [2.05, 4.69) is 11.6 Å². The van der Waals surface area contributed by atoms with Gasteiger partial charge < -0.3 is 14.6 Å². The molecule has 1 aliphatic rings. The van der Waals surface area contributed by atoms with Crippen LogP contribution in [0.15, 0.2) is 59.0 Å². The van der Waals surface area contributed by atoms with E-state index in [0.717, 1.165) is 0 Å². The van der Waals surface area contributed by atoms with Gasteiger partial charge in [0, 0.05) is 7.05 Å². The van der Waals surface area contributed by atoms with Crippen molar-refractivity contribution in [2.24, 2.45) is 4.99 Å². The van der Waals surface area contributed by atoms with Gasteiger partial charge >= 0.3 is 5.97 Å². The molecule has 1 aliphatic heterocycles. The van der Waals surface area contributed by atoms with Crippen molar-refractivity contribution in [2.45, 2.75) is 0 Å². The summed E-state index contributed by atoms with van der Waals surface area (Å²) < 4.78 is 10.9. The number of methoxy groups -OCH3 is 1. The number of aromatic carboxylic acids is 1. The van der Waals surface area contributed by atoms with Crippen LogP contribution in [0.1, 0.15) is 15.9 Å². The van der Waals surface area contributed by atoms with Crippen molar-refractivity contribution >= 4 is 52.2 Å². The normalized spacial score (nSPS) is 16.1. The van der Waals surface area contributed by atoms with Gasteiger partial charge in [0.2, 0.25) is 0 Å². The maximum absolute atomic E-state index is 12.7. The molecule has 160 valence electrons. The van der Waals surface area contributed by atoms with Crippen molar-refractivity contribution in [2.75, 3.05) is 20.8 Å². The molecule has 1 heterocycles. The fourth-order valence-corrected chi connectivity index (χ4v) is 3.96. The van der Waals surface area contributed by atoms with Crippen LogP contribution in [-0.2, 0) is 4.79 Å². The van der Waals surface area contributed by atoms with Crippen LogP contribution < -0.4 is 9.47 Å². The van der Waals surface area contributed by atoms with Crippen molar-refractivity contribution in [3.05, 3.63) is 70.1 Å². The maximum atomic E-state index is 12.7. The Bertz CT molecular complexity index is 1100. The number of likely N-dealkylation sites (N-methyl/N-ethyl adjacent to an activating group) is 1. The van der Waals surface area contributed by atoms with Crippen LogP contribution in [0.5, 0.6) is 11.5 Å². The number of amidine groups is 1. The number of amides is 1. The minimum absolute atomic E-state index is 0.166. The number of ether oxygens (including phenoxy) is 2. The Morgan fingerprint density at radius 2 is 2.03 bits per heavy atom. The molecule has 0 aromatic heterocycles. The third-order valence-electron chi connectivity index (χ3n) is 4.24. The predicted octanol–water partition coefficient (Wildman–Crippen LogP) is 4.85. The molecule has 1 amide bonds. The largest absolute Gasteiger partial charge is 0.493 e. The molecule has 2 aromatic rings. The highest BCUT2D eigenvalue weighted by atomic mass is 35.5. The molecule has 0 atom stereocenters. The van der Waals surface area contributed by atoms with Gasteiger partial charge in [0.15, 0.2) is 16.7 Å². The first-order valence-corrected chi connectivity index (χ1v) is 10.2. The van der Waals surface area contributed by atoms with Crippen LogP contribution in [0.3, 0.4) is 0 Å². The van der Waals surface area contributed by atoms with Gasteiger partial charge in [-0.2, -0.15) is 0 Å². The molecule has 0 spiro atoms. The fourth-order valence-electron chi connectivity index (χ4n) is 2.70. The summed E-state index contributed by atoms with van der Waals surface area (Å²) >= 11 is 7.54. The molecule has 3 rings (SSSR count). The third kappa shape index (κ3) is 5.10. The average molecular weight is 459 g/mol. The summed E-state index contributed by atoms with van der Waals surface area (Å²) in [6, 6.07) is 9.51. The lowest BCUT2D eigenvalue weighted by Crippen LogP contribution is -2.23. The number of hydrogen-bond donors (Lipinski definition) is 1. The Morgan fingerprint density at radius 1 is 1.32 bits per heavy atom. The van der Waals surface area contributed by atoms with Crippen LogP contribution >= 0.6 is 23.4 Å². The molecule has 1 N–H and O–H groups in total. The van der Waals surface area contributed by atoms with Gasteiger partial charge in [0.25, 0.3) is 5.91 Å². The minimum atomic E-state index is -1.01. The molecule has 0 unspecified atom stereocenters. The maximum Gasteiger partial charge on any atom is 0.335 e. The lowest BCUT2D eigenvalue weighted by Gasteiger charge is -2.12. The number of aliphatic imine (C=N–C) groups is 1. The number of benzene rings is 2. The van der Waals surface area contributed by atoms with Gasteiger partial charge in [0.1, 0.15) is 6.61 Å². The van der Waals surface area contributed by atoms with Crippen LogP contribution in [0.2, 0.25) is 5.02 Å². The quantitative estimate of drug-likeness (QED) is 0.471. The predicted molar refractivity (Wildman–Crippen MR) is 123 cm³/mol. The number of carbonyl (C=O) groups excluding carboxylic acids is 1. The molecule has 0 aliphatic carbocycles. The Hall–Kier alpha value is -3.23. The second-order valence-electron chi connectivity index (χ2n) is 6.36. The van der Waals surface area contributed by atoms with Gasteiger partial charge in [-0.1, -0.05) is 24.3 Å². The SMILES string of the molecule is C=CCOc1c(Cl)cc(C=C2SC(=Nc3ccc(C(=O)O)cc3)N(C)C2=O)cc1OC. The Kier molecular flexibility index (Phi) is 7.04. The molecule has 1 saturated heterocycles. The number of carboxylic acids is 1. The van der Waals surface area contributed by atoms with E-state index in [0.29, 0.717) is 37.8 Å². The van der Waals surface area contributed by atoms with E-state index in [4.69, 9.17) is 26.2 Å². The van der Waals surface area contributed by atoms with Gasteiger partial charge in [-0.25, -0.2) is 9.79 Å². The van der Waals surface area contributed by atoms with Crippen LogP contribution in [0.4, 0.5) is 5.69 Å². The monoisotopic (exact) mass is 458 g/mol. The van der Waals surface area contributed by atoms with E-state index >= 15 is 0 Å². The first kappa shape index (κ1) is 22.5. The lowest BCUT2D eigenvalue weighted by atomic mass is 10.2. The molecular weight excluding hydrogens is 440 g/mol. The molecule has 2 aromatic carbocycles. The van der Waals surface area contributed by atoms with E-state index in [1.165, 1.54) is 35.9 Å². The highest BCUT2D eigenvalue weighted by molar-refractivity contribution is 8.18. The van der Waals surface area contributed by atoms with Gasteiger partial charge in [0.05, 0.1) is 28.3 Å². The molecule has 0 radical (unpaired) electrons. The summed E-state index contributed by atoms with van der Waals surface area (Å²) in [7, 11) is 3.13. The van der Waals surface area contributed by atoms with Crippen LogP contribution in [0, 0.1) is 0 Å². The van der Waals surface area contributed by atoms with Crippen LogP contribution in [0.25, 0.3) is 6.08 Å². The number of nitrogens with zero attached hydrogens (tertiary/aromatic N) is 2. The van der Waals surface area contributed by atoms with Crippen molar-refractivity contribution in [3.63, 3.8) is 0 Å². The Labute approximate surface area is 188 Å². The zero-order valence-electron chi connectivity index (χ0n) is 16.8. The summed E-state index contributed by atoms with van der Waals surface area (Å²) in [6.07, 6.45) is 3.30. The highest BCUT2D eigenvalue weighted by Crippen LogP contribution is 2.39. The summed E-state index contributed by atoms with van der Waals surface area (Å²) in [4.78, 5) is 30.0. The molecular formula is C22H19ClN2O5S. The average Bonchev–Trinajstić information content (AvgIpc) is 3.00. The highest BCUT2D eigenvalue weighted by Gasteiger charge is 2.30. The number of thioether (sulfide) groups is 1. The molecule has 7 nitrogen and oxygen atoms in total. The Balaban J connectivity index is 1.88. The van der Waals surface area contributed by atoms with Gasteiger partial charge in [-0.05, 0) is 59.8 Å². The van der Waals surface area contributed by atoms with Crippen molar-refractivity contribution in [1.82, 2.24) is 4.90 Å². The summed E-state index contributed by atoms with van der Waals surface area (Å²) in [6.45, 7) is 3.89. The molecule has 1 fully saturated rings. The second kappa shape index (κ2) is 9.72. The lowest BCUT2D eigenvalue weighted by molar-refractivity contribution is -0.121. The second-order valence-corrected chi connectivity index (χ2v) is 7.77. The fraction of sp³-hybridized carbons (Fsp3) is 0.136. The molecule has 9 heteroatoms. The zero-order chi connectivity index (χ0) is 22.5. The van der Waals surface area contributed by atoms with E-state index in [1.807, 2.05) is 0 Å². The van der Waals surface area contributed by atoms with Gasteiger partial charge in [-0.3, -0.25) is 9.69 Å². The van der Waals surface area contributed by atoms with Crippen molar-refractivity contribution in [3.8, 4) is 11.5 Å². The van der Waals surface area contributed by atoms with Crippen molar-refractivity contribution in [1.29, 1.82) is 0 Å². The first-order chi connectivity index (χ1) is 14.8. The topological polar surface area (TPSA) is 88.4 Å². The van der Waals surface area contributed by atoms with E-state index < -0.39 is 5.97 Å². The first-order valence-electron chi connectivity index (χ1n) is 9.05. The molecule has 0 saturated carbocycles. The van der Waals surface area contributed by atoms with E-state index in [1.54, 1.807) is 43.5 Å². The molecule has 31 heavy (non-hydrogen) atoms. The minimum Gasteiger partial charge on any atom is -0.493 e. The molecule has 0 bridgehead atoms. The Morgan fingerprint density at radius 3 is 2.65 bits per heavy atom. The number of rotatable bonds is 7. The summed E-state index contributed by atoms with van der Waals surface area (Å²) in [5, 5.41) is 9.82. The number of halogens is 1. The van der Waals surface area contributed by atoms with Gasteiger partial charge in [-0.15, -0.1) is 0 Å². The van der Waals surface area contributed by atoms with Crippen LogP contribution in [-0.4, -0.2) is 47.8 Å². The third-order valence-corrected chi connectivity index (χ3v) is 5.58. The van der Waals surface area contributed by atoms with E-state index in [9.17, 15) is 9.59 Å².